The van der Waals surface area contributed by atoms with Gasteiger partial charge in [0.2, 0.25) is 0 Å². The number of ether oxygens (including phenoxy) is 1. The quantitative estimate of drug-likeness (QED) is 0.646. The lowest BCUT2D eigenvalue weighted by Crippen LogP contribution is -2.61. The van der Waals surface area contributed by atoms with Crippen molar-refractivity contribution in [2.75, 3.05) is 26.3 Å². The molecule has 0 unspecified atom stereocenters. The number of hydrogen-bond acceptors (Lipinski definition) is 4. The van der Waals surface area contributed by atoms with Gasteiger partial charge in [0, 0.05) is 10.4 Å². The zero-order valence-electron chi connectivity index (χ0n) is 16.7. The summed E-state index contributed by atoms with van der Waals surface area (Å²) >= 11 is 6.72. The van der Waals surface area contributed by atoms with Crippen LogP contribution in [0.3, 0.4) is 0 Å². The minimum atomic E-state index is 0.235. The van der Waals surface area contributed by atoms with Gasteiger partial charge in [-0.2, -0.15) is 10.2 Å². The molecule has 2 aromatic heterocycles. The molecule has 0 N–H and O–H groups in total. The van der Waals surface area contributed by atoms with Crippen LogP contribution in [0.15, 0.2) is 30.7 Å². The zero-order chi connectivity index (χ0) is 19.6. The maximum absolute atomic E-state index is 6.72. The first-order valence-electron chi connectivity index (χ1n) is 10.7. The first-order valence-corrected chi connectivity index (χ1v) is 11.0. The molecule has 0 spiro atoms. The minimum absolute atomic E-state index is 0.235. The Morgan fingerprint density at radius 2 is 1.86 bits per heavy atom. The van der Waals surface area contributed by atoms with Crippen LogP contribution in [0.1, 0.15) is 50.1 Å². The Balaban J connectivity index is 1.29. The van der Waals surface area contributed by atoms with E-state index in [0.29, 0.717) is 12.0 Å². The molecule has 2 aliphatic heterocycles. The van der Waals surface area contributed by atoms with Gasteiger partial charge in [-0.25, -0.2) is 4.68 Å². The smallest absolute Gasteiger partial charge is 0.103 e. The molecule has 0 atom stereocenters. The fourth-order valence-electron chi connectivity index (χ4n) is 4.87. The minimum Gasteiger partial charge on any atom is -0.377 e. The highest BCUT2D eigenvalue weighted by atomic mass is 35.5. The molecule has 7 heteroatoms. The number of aromatic nitrogens is 4. The second kappa shape index (κ2) is 6.56. The molecule has 3 aliphatic rings. The molecule has 1 aromatic carbocycles. The third-order valence-electron chi connectivity index (χ3n) is 6.96. The van der Waals surface area contributed by atoms with Crippen LogP contribution in [0.4, 0.5) is 0 Å². The summed E-state index contributed by atoms with van der Waals surface area (Å²) in [6.07, 6.45) is 10.6. The second-order valence-electron chi connectivity index (χ2n) is 9.15. The van der Waals surface area contributed by atoms with E-state index < -0.39 is 0 Å². The van der Waals surface area contributed by atoms with Gasteiger partial charge in [0.1, 0.15) is 5.69 Å². The molecule has 3 aromatic rings. The van der Waals surface area contributed by atoms with Gasteiger partial charge in [-0.15, -0.1) is 0 Å². The van der Waals surface area contributed by atoms with Crippen molar-refractivity contribution >= 4 is 22.5 Å². The van der Waals surface area contributed by atoms with Crippen molar-refractivity contribution in [1.82, 2.24) is 24.5 Å². The van der Waals surface area contributed by atoms with Crippen molar-refractivity contribution in [3.05, 3.63) is 41.3 Å². The number of hydrogen-bond donors (Lipinski definition) is 0. The SMILES string of the molecule is CC1(N2CCC(c3cc4c(cnn4-c4cnn(C5CC5)c4)cc3Cl)CC2)COC1. The van der Waals surface area contributed by atoms with Crippen LogP contribution in [0.5, 0.6) is 0 Å². The van der Waals surface area contributed by atoms with Crippen LogP contribution < -0.4 is 0 Å². The van der Waals surface area contributed by atoms with Crippen LogP contribution in [-0.4, -0.2) is 56.3 Å². The standard InChI is InChI=1S/C22H26ClN5O/c1-22(13-29-14-22)26-6-4-15(5-7-26)19-9-21-16(8-20(19)23)10-25-28(21)18-11-24-27(12-18)17-2-3-17/h8-12,15,17H,2-7,13-14H2,1H3. The Morgan fingerprint density at radius 1 is 1.07 bits per heavy atom. The van der Waals surface area contributed by atoms with E-state index in [9.17, 15) is 0 Å². The monoisotopic (exact) mass is 411 g/mol. The molecule has 0 bridgehead atoms. The van der Waals surface area contributed by atoms with Crippen molar-refractivity contribution in [1.29, 1.82) is 0 Å². The normalized spacial score (nSPS) is 22.8. The molecular formula is C22H26ClN5O. The van der Waals surface area contributed by atoms with E-state index in [-0.39, 0.29) is 5.54 Å². The van der Waals surface area contributed by atoms with Crippen LogP contribution in [0, 0.1) is 0 Å². The zero-order valence-corrected chi connectivity index (χ0v) is 17.5. The average Bonchev–Trinajstić information content (AvgIpc) is 3.30. The lowest BCUT2D eigenvalue weighted by Gasteiger charge is -2.50. The third kappa shape index (κ3) is 3.00. The maximum atomic E-state index is 6.72. The summed E-state index contributed by atoms with van der Waals surface area (Å²) in [5.41, 5.74) is 3.62. The fraction of sp³-hybridized carbons (Fsp3) is 0.545. The van der Waals surface area contributed by atoms with Crippen molar-refractivity contribution in [3.8, 4) is 5.69 Å². The van der Waals surface area contributed by atoms with Crippen LogP contribution in [0.25, 0.3) is 16.6 Å². The van der Waals surface area contributed by atoms with E-state index in [0.717, 1.165) is 60.8 Å². The van der Waals surface area contributed by atoms with Crippen molar-refractivity contribution in [2.45, 2.75) is 50.1 Å². The summed E-state index contributed by atoms with van der Waals surface area (Å²) in [4.78, 5) is 2.59. The third-order valence-corrected chi connectivity index (χ3v) is 7.29. The molecule has 0 radical (unpaired) electrons. The second-order valence-corrected chi connectivity index (χ2v) is 9.56. The highest BCUT2D eigenvalue weighted by Crippen LogP contribution is 2.39. The van der Waals surface area contributed by atoms with Crippen LogP contribution in [0.2, 0.25) is 5.02 Å². The number of fused-ring (bicyclic) bond motifs is 1. The summed E-state index contributed by atoms with van der Waals surface area (Å²) in [6.45, 7) is 6.24. The van der Waals surface area contributed by atoms with Gasteiger partial charge in [-0.3, -0.25) is 9.58 Å². The largest absolute Gasteiger partial charge is 0.377 e. The lowest BCUT2D eigenvalue weighted by atomic mass is 9.86. The molecule has 1 saturated carbocycles. The van der Waals surface area contributed by atoms with Gasteiger partial charge in [0.15, 0.2) is 0 Å². The molecule has 3 fully saturated rings. The molecule has 4 heterocycles. The van der Waals surface area contributed by atoms with Crippen molar-refractivity contribution in [3.63, 3.8) is 0 Å². The number of nitrogens with zero attached hydrogens (tertiary/aromatic N) is 5. The van der Waals surface area contributed by atoms with Gasteiger partial charge in [0.25, 0.3) is 0 Å². The first kappa shape index (κ1) is 17.9. The van der Waals surface area contributed by atoms with E-state index >= 15 is 0 Å². The van der Waals surface area contributed by atoms with Gasteiger partial charge in [-0.1, -0.05) is 11.6 Å². The van der Waals surface area contributed by atoms with Crippen LogP contribution >= 0.6 is 11.6 Å². The fourth-order valence-corrected chi connectivity index (χ4v) is 5.19. The summed E-state index contributed by atoms with van der Waals surface area (Å²) in [7, 11) is 0. The molecule has 6 rings (SSSR count). The van der Waals surface area contributed by atoms with Gasteiger partial charge in [-0.05, 0) is 69.3 Å². The molecule has 0 amide bonds. The molecule has 29 heavy (non-hydrogen) atoms. The van der Waals surface area contributed by atoms with Crippen molar-refractivity contribution in [2.24, 2.45) is 0 Å². The van der Waals surface area contributed by atoms with Gasteiger partial charge >= 0.3 is 0 Å². The Kier molecular flexibility index (Phi) is 4.05. The molecule has 2 saturated heterocycles. The molecule has 1 aliphatic carbocycles. The summed E-state index contributed by atoms with van der Waals surface area (Å²) < 4.78 is 9.53. The Morgan fingerprint density at radius 3 is 2.55 bits per heavy atom. The highest BCUT2D eigenvalue weighted by Gasteiger charge is 2.41. The summed E-state index contributed by atoms with van der Waals surface area (Å²) in [5.74, 6) is 0.491. The molecule has 6 nitrogen and oxygen atoms in total. The number of likely N-dealkylation sites (tertiary alicyclic amines) is 1. The highest BCUT2D eigenvalue weighted by molar-refractivity contribution is 6.32. The predicted octanol–water partition coefficient (Wildman–Crippen LogP) is 4.18. The molecular weight excluding hydrogens is 386 g/mol. The predicted molar refractivity (Wildman–Crippen MR) is 113 cm³/mol. The topological polar surface area (TPSA) is 48.1 Å². The summed E-state index contributed by atoms with van der Waals surface area (Å²) in [5, 5.41) is 11.1. The number of halogens is 1. The maximum Gasteiger partial charge on any atom is 0.103 e. The average molecular weight is 412 g/mol. The number of rotatable bonds is 4. The van der Waals surface area contributed by atoms with Crippen molar-refractivity contribution < 1.29 is 4.74 Å². The van der Waals surface area contributed by atoms with Crippen LogP contribution in [-0.2, 0) is 4.74 Å². The van der Waals surface area contributed by atoms with E-state index in [1.807, 2.05) is 17.1 Å². The Hall–Kier alpha value is -1.89. The number of benzene rings is 1. The summed E-state index contributed by atoms with van der Waals surface area (Å²) in [6, 6.07) is 4.91. The first-order chi connectivity index (χ1) is 14.1. The number of piperidine rings is 1. The van der Waals surface area contributed by atoms with E-state index in [1.165, 1.54) is 18.4 Å². The van der Waals surface area contributed by atoms with Gasteiger partial charge in [0.05, 0.1) is 48.9 Å². The lowest BCUT2D eigenvalue weighted by molar-refractivity contribution is -0.136. The Labute approximate surface area is 175 Å². The van der Waals surface area contributed by atoms with E-state index in [2.05, 4.69) is 45.0 Å². The van der Waals surface area contributed by atoms with Gasteiger partial charge < -0.3 is 4.74 Å². The molecule has 152 valence electrons. The van der Waals surface area contributed by atoms with E-state index in [1.54, 1.807) is 0 Å². The van der Waals surface area contributed by atoms with E-state index in [4.69, 9.17) is 16.3 Å². The Bertz CT molecular complexity index is 1060.